The fourth-order valence-electron chi connectivity index (χ4n) is 2.48. The minimum absolute atomic E-state index is 0.130. The molecule has 3 aromatic rings. The third-order valence-corrected chi connectivity index (χ3v) is 3.82. The minimum atomic E-state index is -0.158. The van der Waals surface area contributed by atoms with Gasteiger partial charge in [0.2, 0.25) is 0 Å². The van der Waals surface area contributed by atoms with Gasteiger partial charge in [0.25, 0.3) is 5.91 Å². The predicted octanol–water partition coefficient (Wildman–Crippen LogP) is 4.38. The van der Waals surface area contributed by atoms with Crippen LogP contribution >= 0.6 is 0 Å². The molecular formula is C22H20N2O. The van der Waals surface area contributed by atoms with Crippen LogP contribution in [0.3, 0.4) is 0 Å². The zero-order valence-corrected chi connectivity index (χ0v) is 13.8. The lowest BCUT2D eigenvalue weighted by Gasteiger charge is -2.16. The van der Waals surface area contributed by atoms with Crippen molar-refractivity contribution in [1.29, 1.82) is 0 Å². The van der Waals surface area contributed by atoms with Crippen molar-refractivity contribution >= 4 is 12.0 Å². The molecule has 0 aliphatic rings. The van der Waals surface area contributed by atoms with Gasteiger partial charge < -0.3 is 0 Å². The molecule has 0 saturated heterocycles. The first kappa shape index (κ1) is 16.7. The molecule has 124 valence electrons. The lowest BCUT2D eigenvalue weighted by Crippen LogP contribution is -2.39. The number of carbonyl (C=O) groups excluding carboxylic acids is 1. The van der Waals surface area contributed by atoms with Crippen LogP contribution in [-0.2, 0) is 0 Å². The molecule has 0 aliphatic heterocycles. The van der Waals surface area contributed by atoms with Crippen molar-refractivity contribution < 1.29 is 4.79 Å². The second kappa shape index (κ2) is 8.62. The Kier molecular flexibility index (Phi) is 5.75. The van der Waals surface area contributed by atoms with Gasteiger partial charge in [-0.05, 0) is 23.3 Å². The van der Waals surface area contributed by atoms with Crippen LogP contribution in [0.25, 0.3) is 6.08 Å². The Bertz CT molecular complexity index is 814. The fourth-order valence-corrected chi connectivity index (χ4v) is 2.48. The molecule has 0 bridgehead atoms. The van der Waals surface area contributed by atoms with Crippen LogP contribution in [0, 0.1) is 0 Å². The number of carbonyl (C=O) groups is 1. The van der Waals surface area contributed by atoms with E-state index >= 15 is 0 Å². The topological polar surface area (TPSA) is 41.1 Å². The number of nitrogens with one attached hydrogen (secondary N) is 2. The van der Waals surface area contributed by atoms with Crippen LogP contribution in [0.15, 0.2) is 97.1 Å². The van der Waals surface area contributed by atoms with Crippen molar-refractivity contribution in [1.82, 2.24) is 10.9 Å². The van der Waals surface area contributed by atoms with Crippen LogP contribution in [0.1, 0.15) is 27.5 Å². The van der Waals surface area contributed by atoms with Gasteiger partial charge in [0.05, 0.1) is 6.04 Å². The molecule has 0 aromatic heterocycles. The van der Waals surface area contributed by atoms with E-state index in [-0.39, 0.29) is 11.9 Å². The first-order valence-corrected chi connectivity index (χ1v) is 8.22. The summed E-state index contributed by atoms with van der Waals surface area (Å²) in [5, 5.41) is 0. The van der Waals surface area contributed by atoms with Crippen LogP contribution in [0.4, 0.5) is 0 Å². The summed E-state index contributed by atoms with van der Waals surface area (Å²) in [4.78, 5) is 12.3. The molecule has 3 rings (SSSR count). The molecule has 1 atom stereocenters. The number of benzene rings is 3. The SMILES string of the molecule is O=C(NNC(/C=C/c1ccccc1)c1ccccc1)c1ccccc1. The minimum Gasteiger partial charge on any atom is -0.287 e. The third kappa shape index (κ3) is 4.90. The van der Waals surface area contributed by atoms with E-state index in [0.29, 0.717) is 5.56 Å². The predicted molar refractivity (Wildman–Crippen MR) is 102 cm³/mol. The van der Waals surface area contributed by atoms with E-state index in [9.17, 15) is 4.79 Å². The van der Waals surface area contributed by atoms with Gasteiger partial charge in [0, 0.05) is 5.56 Å². The third-order valence-electron chi connectivity index (χ3n) is 3.82. The molecule has 0 radical (unpaired) electrons. The van der Waals surface area contributed by atoms with Gasteiger partial charge >= 0.3 is 0 Å². The zero-order valence-electron chi connectivity index (χ0n) is 13.8. The standard InChI is InChI=1S/C22H20N2O/c25-22(20-14-8-3-9-15-20)24-23-21(19-12-6-2-7-13-19)17-16-18-10-4-1-5-11-18/h1-17,21,23H,(H,24,25)/b17-16+. The van der Waals surface area contributed by atoms with Gasteiger partial charge in [-0.25, -0.2) is 5.43 Å². The molecular weight excluding hydrogens is 308 g/mol. The normalized spacial score (nSPS) is 12.0. The van der Waals surface area contributed by atoms with Crippen molar-refractivity contribution in [2.24, 2.45) is 0 Å². The van der Waals surface area contributed by atoms with Crippen LogP contribution in [0.5, 0.6) is 0 Å². The molecule has 1 amide bonds. The van der Waals surface area contributed by atoms with Gasteiger partial charge in [0.1, 0.15) is 0 Å². The molecule has 2 N–H and O–H groups in total. The fraction of sp³-hybridized carbons (Fsp3) is 0.0455. The van der Waals surface area contributed by atoms with E-state index in [0.717, 1.165) is 11.1 Å². The van der Waals surface area contributed by atoms with Gasteiger partial charge in [-0.3, -0.25) is 10.2 Å². The molecule has 25 heavy (non-hydrogen) atoms. The summed E-state index contributed by atoms with van der Waals surface area (Å²) in [7, 11) is 0. The highest BCUT2D eigenvalue weighted by atomic mass is 16.2. The van der Waals surface area contributed by atoms with Crippen LogP contribution in [0.2, 0.25) is 0 Å². The quantitative estimate of drug-likeness (QED) is 0.660. The summed E-state index contributed by atoms with van der Waals surface area (Å²) in [6, 6.07) is 29.1. The van der Waals surface area contributed by atoms with E-state index in [2.05, 4.69) is 10.9 Å². The first-order chi connectivity index (χ1) is 12.3. The van der Waals surface area contributed by atoms with Gasteiger partial charge in [-0.15, -0.1) is 0 Å². The molecule has 3 heteroatoms. The molecule has 0 fully saturated rings. The van der Waals surface area contributed by atoms with Gasteiger partial charge in [-0.2, -0.15) is 0 Å². The van der Waals surface area contributed by atoms with E-state index in [4.69, 9.17) is 0 Å². The van der Waals surface area contributed by atoms with Gasteiger partial charge in [0.15, 0.2) is 0 Å². The summed E-state index contributed by atoms with van der Waals surface area (Å²) < 4.78 is 0. The molecule has 0 heterocycles. The van der Waals surface area contributed by atoms with Crippen molar-refractivity contribution in [3.63, 3.8) is 0 Å². The first-order valence-electron chi connectivity index (χ1n) is 8.22. The lowest BCUT2D eigenvalue weighted by molar-refractivity contribution is 0.0929. The van der Waals surface area contributed by atoms with E-state index in [1.807, 2.05) is 91.0 Å². The Morgan fingerprint density at radius 3 is 1.96 bits per heavy atom. The maximum Gasteiger partial charge on any atom is 0.265 e. The summed E-state index contributed by atoms with van der Waals surface area (Å²) in [5.41, 5.74) is 8.71. The molecule has 0 saturated carbocycles. The molecule has 3 nitrogen and oxygen atoms in total. The average Bonchev–Trinajstić information content (AvgIpc) is 2.70. The average molecular weight is 328 g/mol. The highest BCUT2D eigenvalue weighted by Gasteiger charge is 2.10. The molecule has 1 unspecified atom stereocenters. The van der Waals surface area contributed by atoms with Crippen molar-refractivity contribution in [3.05, 3.63) is 114 Å². The molecule has 0 aliphatic carbocycles. The van der Waals surface area contributed by atoms with Crippen molar-refractivity contribution in [3.8, 4) is 0 Å². The molecule has 0 spiro atoms. The maximum absolute atomic E-state index is 12.3. The summed E-state index contributed by atoms with van der Waals surface area (Å²) >= 11 is 0. The Morgan fingerprint density at radius 1 is 0.760 bits per heavy atom. The Balaban J connectivity index is 1.73. The monoisotopic (exact) mass is 328 g/mol. The highest BCUT2D eigenvalue weighted by molar-refractivity contribution is 5.93. The second-order valence-corrected chi connectivity index (χ2v) is 5.62. The highest BCUT2D eigenvalue weighted by Crippen LogP contribution is 2.15. The Labute approximate surface area is 148 Å². The number of hydrogen-bond donors (Lipinski definition) is 2. The maximum atomic E-state index is 12.3. The Hall–Kier alpha value is -3.17. The largest absolute Gasteiger partial charge is 0.287 e. The van der Waals surface area contributed by atoms with E-state index in [1.54, 1.807) is 12.1 Å². The summed E-state index contributed by atoms with van der Waals surface area (Å²) in [6.45, 7) is 0. The summed E-state index contributed by atoms with van der Waals surface area (Å²) in [5.74, 6) is -0.158. The van der Waals surface area contributed by atoms with E-state index < -0.39 is 0 Å². The lowest BCUT2D eigenvalue weighted by atomic mass is 10.1. The summed E-state index contributed by atoms with van der Waals surface area (Å²) in [6.07, 6.45) is 4.08. The van der Waals surface area contributed by atoms with E-state index in [1.165, 1.54) is 0 Å². The van der Waals surface area contributed by atoms with Gasteiger partial charge in [-0.1, -0.05) is 91.0 Å². The van der Waals surface area contributed by atoms with Crippen LogP contribution < -0.4 is 10.9 Å². The Morgan fingerprint density at radius 2 is 1.32 bits per heavy atom. The smallest absolute Gasteiger partial charge is 0.265 e. The number of amides is 1. The second-order valence-electron chi connectivity index (χ2n) is 5.62. The number of hydrazine groups is 1. The number of hydrogen-bond acceptors (Lipinski definition) is 2. The number of rotatable bonds is 6. The van der Waals surface area contributed by atoms with Crippen molar-refractivity contribution in [2.75, 3.05) is 0 Å². The zero-order chi connectivity index (χ0) is 17.3. The molecule has 3 aromatic carbocycles. The van der Waals surface area contributed by atoms with Crippen LogP contribution in [-0.4, -0.2) is 5.91 Å². The van der Waals surface area contributed by atoms with Crippen molar-refractivity contribution in [2.45, 2.75) is 6.04 Å².